The zero-order valence-corrected chi connectivity index (χ0v) is 88.8. The molecule has 8 rings (SSSR count). The number of ether oxygens (including phenoxy) is 8. The SMILES string of the molecule is C.CC(C)(C)OC(=O)N[C@H]1C(=O)N2C(CC[C@H]2C(=O)OC(C)(C)C)C[C@H]1CN=[N+]=[N-].CC(C)(C)OC(=O)N[C@H]1C(=O)N2C(CC[C@H]2C(=O)OC(C)(C)C)C[C@H]1CO.CC(C)(C)OC(=O)OC(=O)OC(C)(C)C.CC(C)(C)OC(=O)[C@@H]1CCC2C[C@@H](CO)[C@@H](N)C(=O)N21.CI.ICI.I[I-]I.[N-]=[N+]=NC[C@@H]1CC2CC[C@@H](C(=O)O)N2C(=O)[C@@H]1NP(P)P. The molecule has 121 heavy (non-hydrogen) atoms. The van der Waals surface area contributed by atoms with E-state index in [9.17, 15) is 72.9 Å². The fraction of sp³-hybridized carbons (Fsp3) is 0.840. The number of nitrogens with zero attached hydrogens (tertiary/aromatic N) is 10. The number of carboxylic acid groups (broad SMARTS) is 1. The number of alkyl halides is 3. The Labute approximate surface area is 789 Å². The minimum absolute atomic E-state index is 0. The number of rotatable bonds is 14. The third-order valence-electron chi connectivity index (χ3n) is 18.5. The number of nitrogens with two attached hydrogens (primary N) is 1. The number of hydrogen-bond donors (Lipinski definition) is 7. The molecular formula is C75H132I6N14O23P3-. The normalized spacial score (nSPS) is 25.9. The molecule has 6 amide bonds. The van der Waals surface area contributed by atoms with Gasteiger partial charge in [-0.1, -0.05) is 103 Å². The van der Waals surface area contributed by atoms with Crippen molar-refractivity contribution in [3.05, 3.63) is 20.9 Å². The van der Waals surface area contributed by atoms with Crippen LogP contribution in [0, 0.1) is 23.7 Å². The zero-order chi connectivity index (χ0) is 92.9. The van der Waals surface area contributed by atoms with Gasteiger partial charge in [-0.15, -0.1) is 0 Å². The summed E-state index contributed by atoms with van der Waals surface area (Å²) in [7, 11) is 4.49. The summed E-state index contributed by atoms with van der Waals surface area (Å²) in [4.78, 5) is 160. The molecule has 18 atom stereocenters. The fourth-order valence-corrected chi connectivity index (χ4v) is 16.0. The quantitative estimate of drug-likeness (QED) is 0.00977. The molecule has 37 nitrogen and oxygen atoms in total. The van der Waals surface area contributed by atoms with Crippen LogP contribution in [0.15, 0.2) is 10.2 Å². The topological polar surface area (TPSA) is 512 Å². The molecule has 46 heteroatoms. The second-order valence-electron chi connectivity index (χ2n) is 36.1. The van der Waals surface area contributed by atoms with Crippen molar-refractivity contribution in [2.45, 2.75) is 342 Å². The van der Waals surface area contributed by atoms with Gasteiger partial charge in [0.25, 0.3) is 0 Å². The van der Waals surface area contributed by atoms with Gasteiger partial charge in [0.1, 0.15) is 75.5 Å². The number of esters is 3. The predicted molar refractivity (Wildman–Crippen MR) is 503 cm³/mol. The van der Waals surface area contributed by atoms with Crippen molar-refractivity contribution < 1.29 is 124 Å². The molecule has 0 bridgehead atoms. The standard InChI is InChI=1S/C19H31N5O5.C19H32N2O6.C14H24N2O4.C10H18N5O3P3.C10H18O5.CH2I2.CH3I.CH4.I3/c1-18(2,3)28-16(26)13-8-7-12-9-11(10-21-23-20)14(15(25)24(12)13)22-17(27)29-19(4,5)6;1-18(2,3)26-16(24)13-8-7-12-9-11(10-22)14(15(23)21(12)13)20-17(25)27-19(4,5)6;1-14(2,3)20-13(19)10-5-4-9-6-8(7-17)11(15)12(18)16(9)10;11-14-12-4-5-3-6-1-2-7(10(17)18)15(6)9(16)8(5)13-21(19)20;1-9(2,3)14-7(11)13-8(12)15-10(4,5)6;2-1-3;1-2;;1-3-2/h11-14H,7-10H2,1-6H3,(H,22,27);11-14,22H,7-10H2,1-6H3,(H,20,25);8-11,17H,4-7,15H2,1-3H3;5-8,13H,1-4,19-20H2,(H,17,18);1-6H3;1H2;1H3;1H4;/q;;;;;;;;-1/t2*11-,12?,13-,14+;8-,9?,10-,11+;5-,6?,7-,8+;;;;;/m0000...../s1. The minimum atomic E-state index is -1.06. The van der Waals surface area contributed by atoms with Crippen molar-refractivity contribution in [3.63, 3.8) is 0 Å². The Kier molecular flexibility index (Phi) is 52.7. The summed E-state index contributed by atoms with van der Waals surface area (Å²) < 4.78 is 41.8. The van der Waals surface area contributed by atoms with Gasteiger partial charge in [-0.05, 0) is 258 Å². The maximum Gasteiger partial charge on any atom is 0.326 e. The number of aliphatic hydroxyl groups excluding tert-OH is 2. The van der Waals surface area contributed by atoms with Crippen LogP contribution < -0.4 is 34.7 Å². The second kappa shape index (κ2) is 54.0. The van der Waals surface area contributed by atoms with Gasteiger partial charge in [-0.25, -0.2) is 38.4 Å². The van der Waals surface area contributed by atoms with Crippen molar-refractivity contribution in [1.82, 2.24) is 35.3 Å². The van der Waals surface area contributed by atoms with Gasteiger partial charge in [0.2, 0.25) is 23.6 Å². The summed E-state index contributed by atoms with van der Waals surface area (Å²) in [6, 6.07) is -6.04. The van der Waals surface area contributed by atoms with Gasteiger partial charge >= 0.3 is 98.9 Å². The van der Waals surface area contributed by atoms with Gasteiger partial charge in [0.05, 0.1) is 14.5 Å². The number of carbonyl (C=O) groups excluding carboxylic acids is 11. The first-order valence-electron chi connectivity index (χ1n) is 38.9. The number of alkyl carbamates (subject to hydrolysis) is 2. The van der Waals surface area contributed by atoms with Crippen LogP contribution in [0.2, 0.25) is 0 Å². The van der Waals surface area contributed by atoms with Crippen LogP contribution in [0.1, 0.15) is 230 Å². The molecule has 0 aliphatic carbocycles. The molecule has 0 spiro atoms. The number of piperidine rings is 4. The molecule has 0 aromatic carbocycles. The van der Waals surface area contributed by atoms with Gasteiger partial charge in [0.15, 0.2) is 0 Å². The van der Waals surface area contributed by atoms with E-state index < -0.39 is 143 Å². The van der Waals surface area contributed by atoms with E-state index in [-0.39, 0.29) is 105 Å². The maximum atomic E-state index is 13.3. The summed E-state index contributed by atoms with van der Waals surface area (Å²) in [5.41, 5.74) is 18.4. The van der Waals surface area contributed by atoms with Gasteiger partial charge in [-0.3, -0.25) is 24.3 Å². The number of fused-ring (bicyclic) bond motifs is 4. The Morgan fingerprint density at radius 3 is 1.01 bits per heavy atom. The Bertz CT molecular complexity index is 3490. The van der Waals surface area contributed by atoms with Gasteiger partial charge < -0.3 is 89.2 Å². The largest absolute Gasteiger partial charge is 0.480 e. The molecule has 8 heterocycles. The van der Waals surface area contributed by atoms with E-state index in [1.54, 1.807) is 130 Å². The Morgan fingerprint density at radius 2 is 0.727 bits per heavy atom. The maximum absolute atomic E-state index is 13.3. The van der Waals surface area contributed by atoms with Crippen LogP contribution in [0.25, 0.3) is 20.9 Å². The van der Waals surface area contributed by atoms with Crippen LogP contribution in [0.5, 0.6) is 0 Å². The molecule has 6 unspecified atom stereocenters. The summed E-state index contributed by atoms with van der Waals surface area (Å²) in [6.07, 6.45) is 3.69. The molecule has 698 valence electrons. The third-order valence-corrected chi connectivity index (χ3v) is 19.9. The number of amides is 6. The average Bonchev–Trinajstić information content (AvgIpc) is 1.67. The summed E-state index contributed by atoms with van der Waals surface area (Å²) in [6.45, 7) is 36.5. The van der Waals surface area contributed by atoms with E-state index >= 15 is 0 Å². The minimum Gasteiger partial charge on any atom is -0.480 e. The molecular weight excluding hydrogens is 2320 g/mol. The molecule has 8 aliphatic rings. The summed E-state index contributed by atoms with van der Waals surface area (Å²) in [5.74, 6) is -4.44. The van der Waals surface area contributed by atoms with Gasteiger partial charge in [0, 0.05) is 72.1 Å². The number of aliphatic hydroxyl groups is 2. The molecule has 8 saturated heterocycles. The van der Waals surface area contributed by atoms with Crippen molar-refractivity contribution in [2.75, 3.05) is 33.7 Å². The predicted octanol–water partition coefficient (Wildman–Crippen LogP) is 11.4. The van der Waals surface area contributed by atoms with Crippen LogP contribution in [0.3, 0.4) is 0 Å². The van der Waals surface area contributed by atoms with Crippen LogP contribution >= 0.6 is 130 Å². The van der Waals surface area contributed by atoms with Crippen molar-refractivity contribution in [3.8, 4) is 0 Å². The Balaban J connectivity index is 0.00000147. The number of carbonyl (C=O) groups is 12. The van der Waals surface area contributed by atoms with Crippen LogP contribution in [-0.4, -0.2) is 252 Å². The van der Waals surface area contributed by atoms with Crippen LogP contribution in [0.4, 0.5) is 19.2 Å². The van der Waals surface area contributed by atoms with E-state index in [0.717, 1.165) is 6.42 Å². The first-order valence-corrected chi connectivity index (χ1v) is 61.3. The number of carboxylic acids is 1. The number of hydrogen-bond acceptors (Lipinski definition) is 26. The third kappa shape index (κ3) is 42.1. The first kappa shape index (κ1) is 118. The monoisotopic (exact) mass is 2450 g/mol. The van der Waals surface area contributed by atoms with Gasteiger partial charge in [-0.2, -0.15) is 0 Å². The first-order chi connectivity index (χ1) is 55.2. The molecule has 0 saturated carbocycles. The zero-order valence-electron chi connectivity index (χ0n) is 72.7. The van der Waals surface area contributed by atoms with E-state index in [4.69, 9.17) is 50.0 Å². The Morgan fingerprint density at radius 1 is 0.471 bits per heavy atom. The van der Waals surface area contributed by atoms with Crippen molar-refractivity contribution in [2.24, 2.45) is 39.6 Å². The fourth-order valence-electron chi connectivity index (χ4n) is 14.4. The second-order valence-corrected chi connectivity index (χ2v) is 62.9. The molecule has 8 N–H and O–H groups in total. The van der Waals surface area contributed by atoms with Crippen LogP contribution in [-0.2, 0) is 76.3 Å². The number of azide groups is 2. The number of nitrogens with one attached hydrogen (secondary N) is 3. The molecule has 0 aromatic rings. The average molecular weight is 2450 g/mol. The van der Waals surface area contributed by atoms with Crippen molar-refractivity contribution in [1.29, 1.82) is 0 Å². The van der Waals surface area contributed by atoms with Crippen molar-refractivity contribution >= 4 is 202 Å². The van der Waals surface area contributed by atoms with E-state index in [2.05, 4.69) is 163 Å². The summed E-state index contributed by atoms with van der Waals surface area (Å²) in [5, 5.41) is 43.9. The molecule has 0 aromatic heterocycles. The van der Waals surface area contributed by atoms with E-state index in [0.29, 0.717) is 83.9 Å². The molecule has 0 radical (unpaired) electrons. The Hall–Kier alpha value is -2.83. The smallest absolute Gasteiger partial charge is 0.326 e. The molecule has 8 aliphatic heterocycles. The van der Waals surface area contributed by atoms with E-state index in [1.165, 1.54) is 17.1 Å². The number of aliphatic carboxylic acids is 1. The number of halogens is 6. The molecule has 8 fully saturated rings. The van der Waals surface area contributed by atoms with E-state index in [1.807, 2.05) is 25.7 Å². The summed E-state index contributed by atoms with van der Waals surface area (Å²) >= 11 is 12.0.